The molecule has 0 spiro atoms. The maximum atomic E-state index is 5.88. The van der Waals surface area contributed by atoms with Gasteiger partial charge in [-0.05, 0) is 6.42 Å². The SMILES string of the molecule is [CH2]CCCCCCC(Cl)(Cl)C(Cl)(Cl)Cl. The van der Waals surface area contributed by atoms with Gasteiger partial charge in [0.25, 0.3) is 0 Å². The topological polar surface area (TPSA) is 0 Å². The largest absolute Gasteiger partial charge is 0.223 e. The first-order chi connectivity index (χ1) is 6.31. The standard InChI is InChI=1S/C9H14Cl5/c1-2-3-4-5-6-7-8(10,11)9(12,13)14/h1-7H2. The molecule has 0 aliphatic rings. The van der Waals surface area contributed by atoms with Crippen molar-refractivity contribution in [3.05, 3.63) is 6.92 Å². The monoisotopic (exact) mass is 297 g/mol. The summed E-state index contributed by atoms with van der Waals surface area (Å²) < 4.78 is -2.91. The number of halogens is 5. The first-order valence-corrected chi connectivity index (χ1v) is 6.44. The lowest BCUT2D eigenvalue weighted by atomic mass is 10.1. The Morgan fingerprint density at radius 2 is 1.29 bits per heavy atom. The minimum Gasteiger partial charge on any atom is -0.0969 e. The molecule has 0 amide bonds. The van der Waals surface area contributed by atoms with Gasteiger partial charge in [-0.25, -0.2) is 0 Å². The van der Waals surface area contributed by atoms with Crippen molar-refractivity contribution in [1.29, 1.82) is 0 Å². The highest BCUT2D eigenvalue weighted by Crippen LogP contribution is 2.48. The molecule has 0 fully saturated rings. The van der Waals surface area contributed by atoms with E-state index in [2.05, 4.69) is 6.92 Å². The fraction of sp³-hybridized carbons (Fsp3) is 0.889. The van der Waals surface area contributed by atoms with Crippen LogP contribution in [0.15, 0.2) is 0 Å². The van der Waals surface area contributed by atoms with E-state index >= 15 is 0 Å². The second-order valence-corrected chi connectivity index (χ2v) is 6.99. The zero-order valence-electron chi connectivity index (χ0n) is 7.84. The van der Waals surface area contributed by atoms with E-state index in [0.717, 1.165) is 32.1 Å². The summed E-state index contributed by atoms with van der Waals surface area (Å²) in [6, 6.07) is 0. The van der Waals surface area contributed by atoms with Gasteiger partial charge in [0.05, 0.1) is 0 Å². The van der Waals surface area contributed by atoms with Gasteiger partial charge >= 0.3 is 0 Å². The van der Waals surface area contributed by atoms with Gasteiger partial charge in [0.1, 0.15) is 0 Å². The van der Waals surface area contributed by atoms with Crippen molar-refractivity contribution in [3.63, 3.8) is 0 Å². The van der Waals surface area contributed by atoms with E-state index in [-0.39, 0.29) is 0 Å². The third kappa shape index (κ3) is 6.12. The van der Waals surface area contributed by atoms with Crippen LogP contribution in [-0.4, -0.2) is 8.13 Å². The van der Waals surface area contributed by atoms with Crippen LogP contribution in [0.3, 0.4) is 0 Å². The molecule has 0 saturated carbocycles. The lowest BCUT2D eigenvalue weighted by Crippen LogP contribution is -2.30. The second kappa shape index (κ2) is 6.91. The Morgan fingerprint density at radius 3 is 1.71 bits per heavy atom. The summed E-state index contributed by atoms with van der Waals surface area (Å²) in [5.74, 6) is 0. The van der Waals surface area contributed by atoms with Crippen molar-refractivity contribution in [3.8, 4) is 0 Å². The minimum absolute atomic E-state index is 0.490. The highest BCUT2D eigenvalue weighted by atomic mass is 35.6. The van der Waals surface area contributed by atoms with Crippen LogP contribution in [0.2, 0.25) is 0 Å². The Morgan fingerprint density at radius 1 is 0.786 bits per heavy atom. The molecule has 85 valence electrons. The average molecular weight is 299 g/mol. The van der Waals surface area contributed by atoms with Crippen LogP contribution in [0.4, 0.5) is 0 Å². The maximum absolute atomic E-state index is 5.88. The molecule has 1 radical (unpaired) electrons. The van der Waals surface area contributed by atoms with Crippen LogP contribution in [0.25, 0.3) is 0 Å². The molecule has 14 heavy (non-hydrogen) atoms. The predicted octanol–water partition coefficient (Wildman–Crippen LogP) is 5.71. The number of alkyl halides is 5. The van der Waals surface area contributed by atoms with Crippen molar-refractivity contribution >= 4 is 58.0 Å². The van der Waals surface area contributed by atoms with Gasteiger partial charge in [0.15, 0.2) is 4.33 Å². The molecule has 0 aliphatic carbocycles. The molecular weight excluding hydrogens is 285 g/mol. The number of unbranched alkanes of at least 4 members (excludes halogenated alkanes) is 4. The van der Waals surface area contributed by atoms with E-state index in [1.165, 1.54) is 0 Å². The summed E-state index contributed by atoms with van der Waals surface area (Å²) in [5, 5.41) is 0. The molecular formula is C9H14Cl5. The average Bonchev–Trinajstić information content (AvgIpc) is 2.02. The third-order valence-electron chi connectivity index (χ3n) is 1.91. The van der Waals surface area contributed by atoms with Crippen LogP contribution in [0.1, 0.15) is 38.5 Å². The summed E-state index contributed by atoms with van der Waals surface area (Å²) in [7, 11) is 0. The van der Waals surface area contributed by atoms with Gasteiger partial charge in [0.2, 0.25) is 3.79 Å². The number of rotatable bonds is 6. The van der Waals surface area contributed by atoms with Gasteiger partial charge in [-0.15, -0.1) is 0 Å². The Hall–Kier alpha value is 1.45. The number of hydrogen-bond acceptors (Lipinski definition) is 0. The summed E-state index contributed by atoms with van der Waals surface area (Å²) >= 11 is 28.6. The van der Waals surface area contributed by atoms with Gasteiger partial charge < -0.3 is 0 Å². The lowest BCUT2D eigenvalue weighted by molar-refractivity contribution is 0.583. The summed E-state index contributed by atoms with van der Waals surface area (Å²) in [4.78, 5) is 0. The van der Waals surface area contributed by atoms with E-state index in [9.17, 15) is 0 Å². The molecule has 5 heteroatoms. The van der Waals surface area contributed by atoms with Gasteiger partial charge in [0, 0.05) is 0 Å². The van der Waals surface area contributed by atoms with Crippen LogP contribution in [-0.2, 0) is 0 Å². The first-order valence-electron chi connectivity index (χ1n) is 4.55. The van der Waals surface area contributed by atoms with Gasteiger partial charge in [-0.3, -0.25) is 0 Å². The molecule has 0 unspecified atom stereocenters. The van der Waals surface area contributed by atoms with E-state index < -0.39 is 8.13 Å². The fourth-order valence-corrected chi connectivity index (χ4v) is 1.57. The normalized spacial score (nSPS) is 13.3. The van der Waals surface area contributed by atoms with E-state index in [1.807, 2.05) is 0 Å². The Balaban J connectivity index is 3.67. The summed E-state index contributed by atoms with van der Waals surface area (Å²) in [6.07, 6.45) is 5.58. The molecule has 0 aliphatic heterocycles. The molecule has 0 saturated heterocycles. The highest BCUT2D eigenvalue weighted by molar-refractivity contribution is 6.75. The fourth-order valence-electron chi connectivity index (χ4n) is 1.02. The molecule has 0 rings (SSSR count). The van der Waals surface area contributed by atoms with Crippen molar-refractivity contribution in [2.45, 2.75) is 46.7 Å². The van der Waals surface area contributed by atoms with E-state index in [0.29, 0.717) is 6.42 Å². The minimum atomic E-state index is -1.62. The van der Waals surface area contributed by atoms with Crippen molar-refractivity contribution in [2.24, 2.45) is 0 Å². The molecule has 0 nitrogen and oxygen atoms in total. The van der Waals surface area contributed by atoms with Crippen LogP contribution >= 0.6 is 58.0 Å². The zero-order chi connectivity index (χ0) is 11.2. The zero-order valence-corrected chi connectivity index (χ0v) is 11.6. The summed E-state index contributed by atoms with van der Waals surface area (Å²) in [5.41, 5.74) is 0. The Bertz CT molecular complexity index is 150. The maximum Gasteiger partial charge on any atom is 0.223 e. The van der Waals surface area contributed by atoms with E-state index in [4.69, 9.17) is 58.0 Å². The first kappa shape index (κ1) is 15.4. The Kier molecular flexibility index (Phi) is 7.63. The van der Waals surface area contributed by atoms with Crippen LogP contribution < -0.4 is 0 Å². The van der Waals surface area contributed by atoms with Crippen LogP contribution in [0.5, 0.6) is 0 Å². The third-order valence-corrected chi connectivity index (χ3v) is 4.40. The van der Waals surface area contributed by atoms with Crippen LogP contribution in [0, 0.1) is 6.92 Å². The quantitative estimate of drug-likeness (QED) is 0.435. The van der Waals surface area contributed by atoms with Crippen molar-refractivity contribution in [2.75, 3.05) is 0 Å². The molecule has 0 aromatic carbocycles. The van der Waals surface area contributed by atoms with Gasteiger partial charge in [-0.1, -0.05) is 97.0 Å². The molecule has 0 bridgehead atoms. The predicted molar refractivity (Wildman–Crippen MR) is 67.8 cm³/mol. The molecule has 0 heterocycles. The highest BCUT2D eigenvalue weighted by Gasteiger charge is 2.44. The molecule has 0 atom stereocenters. The Labute approximate surface area is 111 Å². The van der Waals surface area contributed by atoms with Gasteiger partial charge in [-0.2, -0.15) is 0 Å². The molecule has 0 aromatic heterocycles. The molecule has 0 N–H and O–H groups in total. The van der Waals surface area contributed by atoms with Crippen molar-refractivity contribution in [1.82, 2.24) is 0 Å². The molecule has 0 aromatic rings. The van der Waals surface area contributed by atoms with Crippen molar-refractivity contribution < 1.29 is 0 Å². The number of hydrogen-bond donors (Lipinski definition) is 0. The lowest BCUT2D eigenvalue weighted by Gasteiger charge is -2.27. The van der Waals surface area contributed by atoms with E-state index in [1.54, 1.807) is 0 Å². The summed E-state index contributed by atoms with van der Waals surface area (Å²) in [6.45, 7) is 3.76. The second-order valence-electron chi connectivity index (χ2n) is 3.22. The smallest absolute Gasteiger partial charge is 0.0969 e.